The van der Waals surface area contributed by atoms with E-state index in [9.17, 15) is 42.0 Å². The van der Waals surface area contributed by atoms with Crippen molar-refractivity contribution in [3.8, 4) is 28.1 Å². The van der Waals surface area contributed by atoms with Gasteiger partial charge in [0.15, 0.2) is 5.13 Å². The van der Waals surface area contributed by atoms with Crippen molar-refractivity contribution in [3.05, 3.63) is 107 Å². The third-order valence-corrected chi connectivity index (χ3v) is 13.6. The van der Waals surface area contributed by atoms with Gasteiger partial charge in [-0.05, 0) is 79.1 Å². The van der Waals surface area contributed by atoms with Crippen LogP contribution in [0.3, 0.4) is 0 Å². The molecule has 64 heavy (non-hydrogen) atoms. The largest absolute Gasteiger partial charge is 0.493 e. The van der Waals surface area contributed by atoms with E-state index in [0.717, 1.165) is 31.8 Å². The van der Waals surface area contributed by atoms with Gasteiger partial charge in [-0.25, -0.2) is 13.4 Å². The minimum atomic E-state index is -3.55. The van der Waals surface area contributed by atoms with E-state index in [2.05, 4.69) is 25.9 Å². The number of ether oxygens (including phenoxy) is 1. The van der Waals surface area contributed by atoms with Crippen molar-refractivity contribution in [2.24, 2.45) is 5.92 Å². The summed E-state index contributed by atoms with van der Waals surface area (Å²) in [6.45, 7) is 0.997. The molecule has 6 heterocycles. The summed E-state index contributed by atoms with van der Waals surface area (Å²) in [5, 5.41) is 9.49. The molecular weight excluding hydrogens is 865 g/mol. The number of anilines is 1. The number of likely N-dealkylation sites (tertiary alicyclic amines) is 1. The van der Waals surface area contributed by atoms with Crippen LogP contribution >= 0.6 is 11.3 Å². The second-order valence-corrected chi connectivity index (χ2v) is 18.9. The molecule has 7 amide bonds. The van der Waals surface area contributed by atoms with E-state index in [1.165, 1.54) is 35.9 Å². The number of imide groups is 2. The van der Waals surface area contributed by atoms with Crippen LogP contribution in [0, 0.1) is 5.92 Å². The Hall–Kier alpha value is -7.06. The summed E-state index contributed by atoms with van der Waals surface area (Å²) >= 11 is 1.22. The molecule has 0 bridgehead atoms. The van der Waals surface area contributed by atoms with Gasteiger partial charge in [-0.2, -0.15) is 0 Å². The van der Waals surface area contributed by atoms with E-state index >= 15 is 0 Å². The van der Waals surface area contributed by atoms with Crippen molar-refractivity contribution in [1.82, 2.24) is 34.4 Å². The number of nitrogens with zero attached hydrogens (tertiary/aromatic N) is 5. The summed E-state index contributed by atoms with van der Waals surface area (Å²) < 4.78 is 30.3. The molecule has 2 saturated heterocycles. The minimum Gasteiger partial charge on any atom is -0.493 e. The SMILES string of the molecule is CS(=O)(=O)n1ccc(C(=O)NCC(=O)Nc2nc(-c3cccc(-c4ccnc(C5(C(=O)N6CC(CCOc7cccc8c7C(=O)N(C7CCC(=O)NC7=O)C8=O)C6)CC5)c4)c3)cs2)c1. The highest BCUT2D eigenvalue weighted by Gasteiger charge is 2.56. The maximum atomic E-state index is 13.9. The van der Waals surface area contributed by atoms with E-state index in [1.54, 1.807) is 23.7 Å². The van der Waals surface area contributed by atoms with Gasteiger partial charge in [0, 0.05) is 49.0 Å². The monoisotopic (exact) mass is 904 g/mol. The quantitative estimate of drug-likeness (QED) is 0.136. The number of piperidine rings is 1. The zero-order valence-electron chi connectivity index (χ0n) is 34.2. The Morgan fingerprint density at radius 2 is 1.73 bits per heavy atom. The van der Waals surface area contributed by atoms with Crippen LogP contribution in [0.15, 0.2) is 84.6 Å². The van der Waals surface area contributed by atoms with Crippen LogP contribution < -0.4 is 20.7 Å². The van der Waals surface area contributed by atoms with Crippen LogP contribution in [0.1, 0.15) is 68.9 Å². The molecule has 20 heteroatoms. The lowest BCUT2D eigenvalue weighted by atomic mass is 9.91. The zero-order chi connectivity index (χ0) is 44.9. The van der Waals surface area contributed by atoms with Crippen molar-refractivity contribution >= 4 is 67.8 Å². The van der Waals surface area contributed by atoms with Crippen molar-refractivity contribution < 1.29 is 46.7 Å². The summed E-state index contributed by atoms with van der Waals surface area (Å²) in [6.07, 6.45) is 7.21. The van der Waals surface area contributed by atoms with Crippen LogP contribution in [0.5, 0.6) is 5.75 Å². The highest BCUT2D eigenvalue weighted by molar-refractivity contribution is 7.89. The molecule has 5 aromatic rings. The number of aromatic nitrogens is 3. The number of hydrogen-bond acceptors (Lipinski definition) is 13. The summed E-state index contributed by atoms with van der Waals surface area (Å²) in [4.78, 5) is 102. The molecule has 1 atom stereocenters. The van der Waals surface area contributed by atoms with Gasteiger partial charge >= 0.3 is 0 Å². The number of hydrogen-bond donors (Lipinski definition) is 3. The van der Waals surface area contributed by atoms with Crippen LogP contribution in [0.2, 0.25) is 0 Å². The lowest BCUT2D eigenvalue weighted by Gasteiger charge is -2.41. The van der Waals surface area contributed by atoms with Crippen LogP contribution in [-0.4, -0.2) is 112 Å². The van der Waals surface area contributed by atoms with Crippen LogP contribution in [0.4, 0.5) is 5.13 Å². The van der Waals surface area contributed by atoms with E-state index in [-0.39, 0.29) is 60.3 Å². The van der Waals surface area contributed by atoms with Gasteiger partial charge in [-0.3, -0.25) is 52.7 Å². The van der Waals surface area contributed by atoms with Crippen molar-refractivity contribution in [1.29, 1.82) is 0 Å². The number of fused-ring (bicyclic) bond motifs is 1. The van der Waals surface area contributed by atoms with Gasteiger partial charge < -0.3 is 20.3 Å². The van der Waals surface area contributed by atoms with E-state index in [0.29, 0.717) is 48.9 Å². The smallest absolute Gasteiger partial charge is 0.266 e. The Morgan fingerprint density at radius 1 is 0.969 bits per heavy atom. The fraction of sp³-hybridized carbons (Fsp3) is 0.295. The van der Waals surface area contributed by atoms with E-state index in [1.807, 2.05) is 41.3 Å². The zero-order valence-corrected chi connectivity index (χ0v) is 35.9. The molecule has 3 fully saturated rings. The third-order valence-electron chi connectivity index (χ3n) is 11.8. The fourth-order valence-corrected chi connectivity index (χ4v) is 9.53. The van der Waals surface area contributed by atoms with Crippen LogP contribution in [-0.2, 0) is 34.6 Å². The number of thiazole rings is 1. The molecule has 1 unspecified atom stereocenters. The Bertz CT molecular complexity index is 2900. The molecule has 1 saturated carbocycles. The first-order valence-electron chi connectivity index (χ1n) is 20.4. The Kier molecular flexibility index (Phi) is 10.9. The standard InChI is InChI=1S/C44H40N8O10S2/c1-64(60,61)51-16-11-29(23-51)38(55)46-20-36(54)49-43-47-31(24-63-43)28-5-2-4-26(18-28)27-10-15-45-34(19-27)44(13-14-44)42(59)50-21-25(22-50)12-17-62-33-7-3-6-30-37(33)41(58)52(40(30)57)32-8-9-35(53)48-39(32)56/h2-7,10-11,15-16,18-19,23-25,32H,8-9,12-14,17,20-22H2,1H3,(H,46,55)(H,47,49,54)(H,48,53,56). The molecule has 2 aromatic carbocycles. The molecule has 18 nitrogen and oxygen atoms in total. The van der Waals surface area contributed by atoms with Gasteiger partial charge in [-0.1, -0.05) is 24.3 Å². The Morgan fingerprint density at radius 3 is 2.48 bits per heavy atom. The second kappa shape index (κ2) is 16.6. The highest BCUT2D eigenvalue weighted by atomic mass is 32.2. The summed E-state index contributed by atoms with van der Waals surface area (Å²) in [7, 11) is -3.55. The number of nitrogens with one attached hydrogen (secondary N) is 3. The number of amides is 7. The molecule has 4 aliphatic rings. The van der Waals surface area contributed by atoms with Crippen LogP contribution in [0.25, 0.3) is 22.4 Å². The first kappa shape index (κ1) is 42.3. The van der Waals surface area contributed by atoms with Gasteiger partial charge in [0.05, 0.1) is 52.9 Å². The van der Waals surface area contributed by atoms with E-state index in [4.69, 9.17) is 4.74 Å². The Labute approximate surface area is 370 Å². The molecule has 0 radical (unpaired) electrons. The van der Waals surface area contributed by atoms with Gasteiger partial charge in [0.2, 0.25) is 33.7 Å². The molecule has 3 aliphatic heterocycles. The highest BCUT2D eigenvalue weighted by Crippen LogP contribution is 2.50. The molecule has 1 aliphatic carbocycles. The van der Waals surface area contributed by atoms with Crippen molar-refractivity contribution in [2.45, 2.75) is 43.6 Å². The fourth-order valence-electron chi connectivity index (χ4n) is 8.20. The van der Waals surface area contributed by atoms with E-state index < -0.39 is 56.9 Å². The van der Waals surface area contributed by atoms with Gasteiger partial charge in [0.25, 0.3) is 17.7 Å². The number of carbonyl (C=O) groups excluding carboxylic acids is 7. The normalized spacial score (nSPS) is 18.0. The lowest BCUT2D eigenvalue weighted by molar-refractivity contribution is -0.141. The first-order chi connectivity index (χ1) is 30.7. The number of carbonyl (C=O) groups is 7. The first-order valence-corrected chi connectivity index (χ1v) is 23.2. The van der Waals surface area contributed by atoms with Crippen molar-refractivity contribution in [3.63, 3.8) is 0 Å². The summed E-state index contributed by atoms with van der Waals surface area (Å²) in [5.74, 6) is -3.01. The third kappa shape index (κ3) is 8.16. The number of benzene rings is 2. The molecule has 3 aromatic heterocycles. The maximum Gasteiger partial charge on any atom is 0.266 e. The summed E-state index contributed by atoms with van der Waals surface area (Å²) in [6, 6.07) is 16.6. The second-order valence-electron chi connectivity index (χ2n) is 16.2. The van der Waals surface area contributed by atoms with Gasteiger partial charge in [-0.15, -0.1) is 11.3 Å². The predicted octanol–water partition coefficient (Wildman–Crippen LogP) is 3.21. The molecular formula is C44H40N8O10S2. The predicted molar refractivity (Wildman–Crippen MR) is 231 cm³/mol. The summed E-state index contributed by atoms with van der Waals surface area (Å²) in [5.41, 5.74) is 3.54. The maximum absolute atomic E-state index is 13.9. The minimum absolute atomic E-state index is 0.0285. The molecule has 9 rings (SSSR count). The number of pyridine rings is 1. The Balaban J connectivity index is 0.774. The topological polar surface area (TPSA) is 236 Å². The van der Waals surface area contributed by atoms with Crippen molar-refractivity contribution in [2.75, 3.05) is 37.8 Å². The average Bonchev–Trinajstić information content (AvgIpc) is 3.54. The molecule has 0 spiro atoms. The number of rotatable bonds is 14. The lowest BCUT2D eigenvalue weighted by Crippen LogP contribution is -2.54. The van der Waals surface area contributed by atoms with Gasteiger partial charge in [0.1, 0.15) is 11.8 Å². The average molecular weight is 905 g/mol. The molecule has 3 N–H and O–H groups in total. The molecule has 328 valence electrons.